The minimum absolute atomic E-state index is 0.143. The third-order valence-electron chi connectivity index (χ3n) is 6.19. The van der Waals surface area contributed by atoms with Crippen molar-refractivity contribution in [3.05, 3.63) is 16.5 Å². The molecule has 28 heavy (non-hydrogen) atoms. The highest BCUT2D eigenvalue weighted by atomic mass is 32.2. The predicted octanol–water partition coefficient (Wildman–Crippen LogP) is 5.05. The molecule has 2 heterocycles. The van der Waals surface area contributed by atoms with E-state index in [0.29, 0.717) is 22.9 Å². The lowest BCUT2D eigenvalue weighted by Gasteiger charge is -2.33. The number of hydrogen-bond donors (Lipinski definition) is 0. The van der Waals surface area contributed by atoms with Gasteiger partial charge in [-0.15, -0.1) is 21.5 Å². The second-order valence-electron chi connectivity index (χ2n) is 8.49. The van der Waals surface area contributed by atoms with Gasteiger partial charge in [0.25, 0.3) is 11.1 Å². The molecular formula is C21H29N3O2S2. The summed E-state index contributed by atoms with van der Waals surface area (Å²) in [5, 5.41) is 8.85. The topological polar surface area (TPSA) is 59.2 Å². The first-order chi connectivity index (χ1) is 13.5. The number of aryl methyl sites for hydroxylation is 1. The van der Waals surface area contributed by atoms with E-state index in [1.54, 1.807) is 11.3 Å². The number of hydrogen-bond acceptors (Lipinski definition) is 6. The molecule has 1 atom stereocenters. The minimum atomic E-state index is 0.143. The molecule has 2 aromatic heterocycles. The second-order valence-corrected chi connectivity index (χ2v) is 10.6. The first-order valence-electron chi connectivity index (χ1n) is 10.3. The summed E-state index contributed by atoms with van der Waals surface area (Å²) in [6.45, 7) is 4.61. The molecule has 0 N–H and O–H groups in total. The monoisotopic (exact) mass is 419 g/mol. The highest BCUT2D eigenvalue weighted by Gasteiger charge is 2.25. The molecule has 5 nitrogen and oxygen atoms in total. The van der Waals surface area contributed by atoms with E-state index in [9.17, 15) is 4.79 Å². The van der Waals surface area contributed by atoms with E-state index < -0.39 is 0 Å². The van der Waals surface area contributed by atoms with Crippen LogP contribution in [0.25, 0.3) is 10.8 Å². The predicted molar refractivity (Wildman–Crippen MR) is 114 cm³/mol. The summed E-state index contributed by atoms with van der Waals surface area (Å²) in [5.74, 6) is 2.61. The van der Waals surface area contributed by atoms with Crippen LogP contribution in [0.1, 0.15) is 56.4 Å². The average molecular weight is 420 g/mol. The third kappa shape index (κ3) is 4.46. The summed E-state index contributed by atoms with van der Waals surface area (Å²) in [6, 6.07) is 2.59. The zero-order chi connectivity index (χ0) is 19.7. The van der Waals surface area contributed by atoms with Crippen LogP contribution >= 0.6 is 23.1 Å². The summed E-state index contributed by atoms with van der Waals surface area (Å²) in [5.41, 5.74) is 1.43. The van der Waals surface area contributed by atoms with Gasteiger partial charge in [-0.05, 0) is 68.4 Å². The maximum Gasteiger partial charge on any atom is 0.277 e. The standard InChI is InChI=1S/C21H29N3O2S2/c1-13-4-7-16(8-5-13)24(3)19(25)12-27-21-23-22-20(26-21)18-11-15-10-14(2)6-9-17(15)28-18/h11,13-14,16H,4-10,12H2,1-3H3/t13?,14-,16?/m0/s1. The number of amides is 1. The summed E-state index contributed by atoms with van der Waals surface area (Å²) >= 11 is 3.12. The van der Waals surface area contributed by atoms with Crippen molar-refractivity contribution in [1.82, 2.24) is 15.1 Å². The summed E-state index contributed by atoms with van der Waals surface area (Å²) in [7, 11) is 1.93. The van der Waals surface area contributed by atoms with E-state index in [1.165, 1.54) is 41.5 Å². The number of nitrogens with zero attached hydrogens (tertiary/aromatic N) is 3. The molecule has 1 amide bonds. The van der Waals surface area contributed by atoms with Gasteiger partial charge in [0, 0.05) is 18.0 Å². The highest BCUT2D eigenvalue weighted by Crippen LogP contribution is 2.37. The molecule has 0 spiro atoms. The Bertz CT molecular complexity index is 823. The first-order valence-corrected chi connectivity index (χ1v) is 12.1. The Kier molecular flexibility index (Phi) is 6.11. The molecule has 0 radical (unpaired) electrons. The lowest BCUT2D eigenvalue weighted by atomic mass is 9.87. The zero-order valence-electron chi connectivity index (χ0n) is 16.9. The first kappa shape index (κ1) is 20.0. The maximum atomic E-state index is 12.6. The highest BCUT2D eigenvalue weighted by molar-refractivity contribution is 7.99. The molecular weight excluding hydrogens is 390 g/mol. The summed E-state index contributed by atoms with van der Waals surface area (Å²) in [6.07, 6.45) is 8.20. The molecule has 1 saturated carbocycles. The molecule has 0 aliphatic heterocycles. The fourth-order valence-corrected chi connectivity index (χ4v) is 6.05. The molecule has 0 aromatic carbocycles. The summed E-state index contributed by atoms with van der Waals surface area (Å²) in [4.78, 5) is 17.0. The quantitative estimate of drug-likeness (QED) is 0.635. The minimum Gasteiger partial charge on any atom is -0.410 e. The van der Waals surface area contributed by atoms with Crippen LogP contribution in [0.3, 0.4) is 0 Å². The van der Waals surface area contributed by atoms with Gasteiger partial charge in [0.2, 0.25) is 5.91 Å². The van der Waals surface area contributed by atoms with Crippen molar-refractivity contribution in [2.45, 2.75) is 70.1 Å². The van der Waals surface area contributed by atoms with E-state index in [1.807, 2.05) is 11.9 Å². The van der Waals surface area contributed by atoms with Gasteiger partial charge in [-0.2, -0.15) is 0 Å². The lowest BCUT2D eigenvalue weighted by Crippen LogP contribution is -2.40. The molecule has 2 aliphatic rings. The van der Waals surface area contributed by atoms with E-state index in [2.05, 4.69) is 30.1 Å². The Balaban J connectivity index is 1.33. The van der Waals surface area contributed by atoms with Gasteiger partial charge >= 0.3 is 0 Å². The van der Waals surface area contributed by atoms with Gasteiger partial charge in [-0.25, -0.2) is 0 Å². The second kappa shape index (κ2) is 8.57. The van der Waals surface area contributed by atoms with Crippen LogP contribution in [0.5, 0.6) is 0 Å². The van der Waals surface area contributed by atoms with Crippen LogP contribution in [-0.2, 0) is 17.6 Å². The maximum absolute atomic E-state index is 12.6. The van der Waals surface area contributed by atoms with Crippen molar-refractivity contribution in [2.75, 3.05) is 12.8 Å². The van der Waals surface area contributed by atoms with E-state index in [4.69, 9.17) is 4.42 Å². The molecule has 7 heteroatoms. The number of thiophene rings is 1. The fraction of sp³-hybridized carbons (Fsp3) is 0.667. The van der Waals surface area contributed by atoms with Gasteiger partial charge in [0.15, 0.2) is 0 Å². The third-order valence-corrected chi connectivity index (χ3v) is 8.22. The van der Waals surface area contributed by atoms with Gasteiger partial charge in [-0.3, -0.25) is 4.79 Å². The molecule has 0 saturated heterocycles. The van der Waals surface area contributed by atoms with Crippen molar-refractivity contribution in [1.29, 1.82) is 0 Å². The van der Waals surface area contributed by atoms with Crippen LogP contribution in [-0.4, -0.2) is 39.8 Å². The Labute approximate surface area is 175 Å². The summed E-state index contributed by atoms with van der Waals surface area (Å²) < 4.78 is 5.84. The number of fused-ring (bicyclic) bond motifs is 1. The number of carbonyl (C=O) groups excluding carboxylic acids is 1. The van der Waals surface area contributed by atoms with Gasteiger partial charge in [0.05, 0.1) is 10.6 Å². The SMILES string of the molecule is CC1CCC(N(C)C(=O)CSc2nnc(-c3cc4c(s3)CC[C@H](C)C4)o2)CC1. The van der Waals surface area contributed by atoms with Gasteiger partial charge in [-0.1, -0.05) is 25.6 Å². The van der Waals surface area contributed by atoms with Crippen molar-refractivity contribution in [2.24, 2.45) is 11.8 Å². The molecule has 2 aromatic rings. The van der Waals surface area contributed by atoms with E-state index >= 15 is 0 Å². The van der Waals surface area contributed by atoms with Gasteiger partial charge in [0.1, 0.15) is 0 Å². The average Bonchev–Trinajstić information content (AvgIpc) is 3.32. The Morgan fingerprint density at radius 1 is 1.21 bits per heavy atom. The van der Waals surface area contributed by atoms with E-state index in [-0.39, 0.29) is 5.91 Å². The van der Waals surface area contributed by atoms with Crippen molar-refractivity contribution in [3.8, 4) is 10.8 Å². The van der Waals surface area contributed by atoms with Crippen molar-refractivity contribution >= 4 is 29.0 Å². The number of carbonyl (C=O) groups is 1. The van der Waals surface area contributed by atoms with Crippen LogP contribution in [0.2, 0.25) is 0 Å². The fourth-order valence-electron chi connectivity index (χ4n) is 4.24. The zero-order valence-corrected chi connectivity index (χ0v) is 18.6. The van der Waals surface area contributed by atoms with Gasteiger partial charge < -0.3 is 9.32 Å². The molecule has 0 bridgehead atoms. The number of rotatable bonds is 5. The molecule has 2 aliphatic carbocycles. The smallest absolute Gasteiger partial charge is 0.277 e. The Morgan fingerprint density at radius 2 is 2.00 bits per heavy atom. The van der Waals surface area contributed by atoms with Crippen LogP contribution < -0.4 is 0 Å². The lowest BCUT2D eigenvalue weighted by molar-refractivity contribution is -0.129. The van der Waals surface area contributed by atoms with Crippen LogP contribution in [0.4, 0.5) is 0 Å². The van der Waals surface area contributed by atoms with Crippen LogP contribution in [0, 0.1) is 11.8 Å². The molecule has 0 unspecified atom stereocenters. The van der Waals surface area contributed by atoms with Crippen molar-refractivity contribution in [3.63, 3.8) is 0 Å². The van der Waals surface area contributed by atoms with Crippen molar-refractivity contribution < 1.29 is 9.21 Å². The van der Waals surface area contributed by atoms with Crippen LogP contribution in [0.15, 0.2) is 15.7 Å². The molecule has 152 valence electrons. The Hall–Kier alpha value is -1.34. The van der Waals surface area contributed by atoms with E-state index in [0.717, 1.165) is 42.4 Å². The normalized spacial score (nSPS) is 24.8. The molecule has 1 fully saturated rings. The largest absolute Gasteiger partial charge is 0.410 e. The Morgan fingerprint density at radius 3 is 2.79 bits per heavy atom. The number of aromatic nitrogens is 2. The number of thioether (sulfide) groups is 1. The molecule has 4 rings (SSSR count).